The third-order valence-corrected chi connectivity index (χ3v) is 5.06. The van der Waals surface area contributed by atoms with Crippen molar-refractivity contribution >= 4 is 23.7 Å². The van der Waals surface area contributed by atoms with E-state index in [4.69, 9.17) is 0 Å². The van der Waals surface area contributed by atoms with Gasteiger partial charge in [-0.25, -0.2) is 4.79 Å². The van der Waals surface area contributed by atoms with Crippen LogP contribution < -0.4 is 5.32 Å². The zero-order valence-corrected chi connectivity index (χ0v) is 14.1. The van der Waals surface area contributed by atoms with Gasteiger partial charge in [0.05, 0.1) is 6.04 Å². The molecule has 0 aromatic carbocycles. The Hall–Kier alpha value is -0.910. The number of thioether (sulfide) groups is 1. The molecule has 0 aromatic rings. The van der Waals surface area contributed by atoms with E-state index in [1.807, 2.05) is 23.0 Å². The fourth-order valence-corrected chi connectivity index (χ4v) is 3.61. The van der Waals surface area contributed by atoms with Crippen LogP contribution in [0.2, 0.25) is 0 Å². The van der Waals surface area contributed by atoms with Gasteiger partial charge in [0.2, 0.25) is 5.91 Å². The van der Waals surface area contributed by atoms with Crippen LogP contribution in [0.1, 0.15) is 39.5 Å². The third-order valence-electron chi connectivity index (χ3n) is 4.22. The molecule has 3 amide bonds. The molecule has 1 aliphatic carbocycles. The predicted molar refractivity (Wildman–Crippen MR) is 86.5 cm³/mol. The lowest BCUT2D eigenvalue weighted by atomic mass is 10.2. The summed E-state index contributed by atoms with van der Waals surface area (Å²) in [4.78, 5) is 28.0. The summed E-state index contributed by atoms with van der Waals surface area (Å²) >= 11 is 1.74. The second-order valence-electron chi connectivity index (χ2n) is 6.20. The highest BCUT2D eigenvalue weighted by atomic mass is 32.2. The van der Waals surface area contributed by atoms with Crippen molar-refractivity contribution in [1.29, 1.82) is 0 Å². The monoisotopic (exact) mass is 313 g/mol. The first-order chi connectivity index (χ1) is 10.0. The molecule has 1 aliphatic heterocycles. The quantitative estimate of drug-likeness (QED) is 0.815. The summed E-state index contributed by atoms with van der Waals surface area (Å²) in [7, 11) is 0. The van der Waals surface area contributed by atoms with E-state index < -0.39 is 0 Å². The maximum atomic E-state index is 12.4. The summed E-state index contributed by atoms with van der Waals surface area (Å²) in [6, 6.07) is 0.804. The van der Waals surface area contributed by atoms with Gasteiger partial charge < -0.3 is 15.1 Å². The van der Waals surface area contributed by atoms with Gasteiger partial charge in [0.25, 0.3) is 0 Å². The minimum Gasteiger partial charge on any atom is -0.338 e. The Morgan fingerprint density at radius 3 is 2.67 bits per heavy atom. The minimum absolute atomic E-state index is 0.0262. The van der Waals surface area contributed by atoms with Crippen LogP contribution in [0.25, 0.3) is 0 Å². The maximum Gasteiger partial charge on any atom is 0.317 e. The van der Waals surface area contributed by atoms with Gasteiger partial charge in [0.15, 0.2) is 0 Å². The standard InChI is InChI=1S/C15H27N3O2S/c1-11(10-21-3)16-15(20)17-8-4-5-14(17)9-18(12(2)19)13-6-7-13/h11,13-14H,4-10H2,1-3H3,(H,16,20)/t11-,14-/m0/s1. The SMILES string of the molecule is CSC[C@H](C)NC(=O)N1CCC[C@H]1CN(C(C)=O)C1CC1. The molecule has 21 heavy (non-hydrogen) atoms. The molecule has 0 radical (unpaired) electrons. The average Bonchev–Trinajstić information content (AvgIpc) is 3.13. The molecule has 5 nitrogen and oxygen atoms in total. The molecular weight excluding hydrogens is 286 g/mol. The van der Waals surface area contributed by atoms with E-state index in [-0.39, 0.29) is 24.0 Å². The predicted octanol–water partition coefficient (Wildman–Crippen LogP) is 1.92. The summed E-state index contributed by atoms with van der Waals surface area (Å²) in [5, 5.41) is 3.06. The van der Waals surface area contributed by atoms with E-state index in [0.717, 1.165) is 38.0 Å². The first-order valence-electron chi connectivity index (χ1n) is 7.86. The molecular formula is C15H27N3O2S. The Kier molecular flexibility index (Phi) is 5.79. The van der Waals surface area contributed by atoms with E-state index in [1.165, 1.54) is 0 Å². The zero-order chi connectivity index (χ0) is 15.4. The number of likely N-dealkylation sites (tertiary alicyclic amines) is 1. The van der Waals surface area contributed by atoms with Gasteiger partial charge in [-0.2, -0.15) is 11.8 Å². The Balaban J connectivity index is 1.89. The van der Waals surface area contributed by atoms with Gasteiger partial charge >= 0.3 is 6.03 Å². The topological polar surface area (TPSA) is 52.7 Å². The van der Waals surface area contributed by atoms with Crippen molar-refractivity contribution in [2.45, 2.75) is 57.7 Å². The lowest BCUT2D eigenvalue weighted by molar-refractivity contribution is -0.130. The smallest absolute Gasteiger partial charge is 0.317 e. The van der Waals surface area contributed by atoms with Gasteiger partial charge in [-0.15, -0.1) is 0 Å². The molecule has 2 rings (SSSR count). The van der Waals surface area contributed by atoms with Crippen molar-refractivity contribution < 1.29 is 9.59 Å². The van der Waals surface area contributed by atoms with E-state index in [9.17, 15) is 9.59 Å². The first-order valence-corrected chi connectivity index (χ1v) is 9.25. The molecule has 2 fully saturated rings. The van der Waals surface area contributed by atoms with E-state index in [1.54, 1.807) is 18.7 Å². The largest absolute Gasteiger partial charge is 0.338 e. The molecule has 1 heterocycles. The number of urea groups is 1. The number of hydrogen-bond acceptors (Lipinski definition) is 3. The zero-order valence-electron chi connectivity index (χ0n) is 13.3. The maximum absolute atomic E-state index is 12.4. The number of rotatable bonds is 6. The summed E-state index contributed by atoms with van der Waals surface area (Å²) in [6.45, 7) is 5.17. The Bertz CT molecular complexity index is 387. The van der Waals surface area contributed by atoms with Crippen LogP contribution in [0.4, 0.5) is 4.79 Å². The third kappa shape index (κ3) is 4.53. The first kappa shape index (κ1) is 16.5. The molecule has 0 aromatic heterocycles. The van der Waals surface area contributed by atoms with Crippen LogP contribution in [-0.2, 0) is 4.79 Å². The van der Waals surface area contributed by atoms with Gasteiger partial charge in [0, 0.05) is 37.8 Å². The van der Waals surface area contributed by atoms with Crippen molar-refractivity contribution in [2.24, 2.45) is 0 Å². The fraction of sp³-hybridized carbons (Fsp3) is 0.867. The molecule has 120 valence electrons. The number of hydrogen-bond donors (Lipinski definition) is 1. The number of amides is 3. The van der Waals surface area contributed by atoms with E-state index in [0.29, 0.717) is 12.6 Å². The summed E-state index contributed by atoms with van der Waals surface area (Å²) in [5.41, 5.74) is 0. The number of nitrogens with zero attached hydrogens (tertiary/aromatic N) is 2. The lowest BCUT2D eigenvalue weighted by Crippen LogP contribution is -2.50. The number of carbonyl (C=O) groups excluding carboxylic acids is 2. The molecule has 1 saturated carbocycles. The lowest BCUT2D eigenvalue weighted by Gasteiger charge is -2.31. The van der Waals surface area contributed by atoms with Crippen molar-refractivity contribution in [1.82, 2.24) is 15.1 Å². The summed E-state index contributed by atoms with van der Waals surface area (Å²) in [5.74, 6) is 1.06. The second kappa shape index (κ2) is 7.38. The molecule has 0 spiro atoms. The molecule has 1 N–H and O–H groups in total. The minimum atomic E-state index is 0.0262. The Morgan fingerprint density at radius 2 is 2.10 bits per heavy atom. The van der Waals surface area contributed by atoms with Crippen LogP contribution in [0.3, 0.4) is 0 Å². The van der Waals surface area contributed by atoms with Crippen LogP contribution in [0.15, 0.2) is 0 Å². The van der Waals surface area contributed by atoms with Crippen molar-refractivity contribution in [2.75, 3.05) is 25.1 Å². The number of carbonyl (C=O) groups is 2. The second-order valence-corrected chi connectivity index (χ2v) is 7.11. The van der Waals surface area contributed by atoms with Crippen LogP contribution in [0.5, 0.6) is 0 Å². The van der Waals surface area contributed by atoms with E-state index in [2.05, 4.69) is 5.32 Å². The van der Waals surface area contributed by atoms with Crippen molar-refractivity contribution in [3.05, 3.63) is 0 Å². The van der Waals surface area contributed by atoms with Crippen molar-refractivity contribution in [3.63, 3.8) is 0 Å². The van der Waals surface area contributed by atoms with Gasteiger partial charge in [-0.1, -0.05) is 0 Å². The van der Waals surface area contributed by atoms with Gasteiger partial charge in [-0.3, -0.25) is 4.79 Å². The number of nitrogens with one attached hydrogen (secondary N) is 1. The Morgan fingerprint density at radius 1 is 1.38 bits per heavy atom. The molecule has 2 atom stereocenters. The molecule has 6 heteroatoms. The summed E-state index contributed by atoms with van der Waals surface area (Å²) in [6.07, 6.45) is 6.31. The average molecular weight is 313 g/mol. The fourth-order valence-electron chi connectivity index (χ4n) is 3.03. The molecule has 2 aliphatic rings. The van der Waals surface area contributed by atoms with Crippen LogP contribution in [0, 0.1) is 0 Å². The Labute approximate surface area is 131 Å². The highest BCUT2D eigenvalue weighted by Crippen LogP contribution is 2.29. The van der Waals surface area contributed by atoms with Crippen LogP contribution >= 0.6 is 11.8 Å². The highest BCUT2D eigenvalue weighted by Gasteiger charge is 2.36. The summed E-state index contributed by atoms with van der Waals surface area (Å²) < 4.78 is 0. The van der Waals surface area contributed by atoms with Gasteiger partial charge in [0.1, 0.15) is 0 Å². The molecule has 1 saturated heterocycles. The van der Waals surface area contributed by atoms with E-state index >= 15 is 0 Å². The normalized spacial score (nSPS) is 23.0. The van der Waals surface area contributed by atoms with Gasteiger partial charge in [-0.05, 0) is 38.9 Å². The molecule has 0 unspecified atom stereocenters. The highest BCUT2D eigenvalue weighted by molar-refractivity contribution is 7.98. The van der Waals surface area contributed by atoms with Crippen molar-refractivity contribution in [3.8, 4) is 0 Å². The van der Waals surface area contributed by atoms with Crippen LogP contribution in [-0.4, -0.2) is 65.0 Å². The molecule has 0 bridgehead atoms.